The van der Waals surface area contributed by atoms with Gasteiger partial charge in [-0.1, -0.05) is 42.0 Å². The Morgan fingerprint density at radius 1 is 1.19 bits per heavy atom. The minimum atomic E-state index is 0.246. The van der Waals surface area contributed by atoms with E-state index in [0.717, 1.165) is 18.7 Å². The van der Waals surface area contributed by atoms with Gasteiger partial charge in [-0.2, -0.15) is 0 Å². The fraction of sp³-hybridized carbons (Fsp3) is 0.368. The van der Waals surface area contributed by atoms with Gasteiger partial charge in [0.1, 0.15) is 11.9 Å². The zero-order valence-electron chi connectivity index (χ0n) is 13.0. The first-order chi connectivity index (χ1) is 10.1. The van der Waals surface area contributed by atoms with Crippen molar-refractivity contribution in [3.05, 3.63) is 64.7 Å². The second-order valence-corrected chi connectivity index (χ2v) is 6.04. The van der Waals surface area contributed by atoms with E-state index in [1.165, 1.54) is 22.3 Å². The van der Waals surface area contributed by atoms with Gasteiger partial charge >= 0.3 is 0 Å². The molecule has 1 heterocycles. The summed E-state index contributed by atoms with van der Waals surface area (Å²) in [6, 6.07) is 15.3. The molecule has 0 aromatic heterocycles. The fourth-order valence-corrected chi connectivity index (χ4v) is 3.10. The van der Waals surface area contributed by atoms with E-state index in [4.69, 9.17) is 4.74 Å². The highest BCUT2D eigenvalue weighted by molar-refractivity contribution is 5.37. The van der Waals surface area contributed by atoms with E-state index in [2.05, 4.69) is 62.5 Å². The number of benzene rings is 2. The maximum atomic E-state index is 5.98. The summed E-state index contributed by atoms with van der Waals surface area (Å²) >= 11 is 0. The third kappa shape index (κ3) is 3.11. The molecule has 1 N–H and O–H groups in total. The van der Waals surface area contributed by atoms with Gasteiger partial charge in [0, 0.05) is 19.0 Å². The van der Waals surface area contributed by atoms with E-state index in [1.807, 2.05) is 6.07 Å². The molecule has 0 saturated heterocycles. The average molecular weight is 281 g/mol. The number of nitrogens with one attached hydrogen (secondary N) is 1. The van der Waals surface area contributed by atoms with Crippen LogP contribution in [0.25, 0.3) is 0 Å². The summed E-state index contributed by atoms with van der Waals surface area (Å²) in [7, 11) is 0. The molecule has 0 radical (unpaired) electrons. The molecule has 2 heteroatoms. The van der Waals surface area contributed by atoms with Crippen LogP contribution in [0.5, 0.6) is 5.75 Å². The smallest absolute Gasteiger partial charge is 0.123 e. The molecule has 2 nitrogen and oxygen atoms in total. The molecular weight excluding hydrogens is 258 g/mol. The second kappa shape index (κ2) is 5.90. The zero-order valence-corrected chi connectivity index (χ0v) is 13.0. The van der Waals surface area contributed by atoms with Crippen molar-refractivity contribution in [3.63, 3.8) is 0 Å². The van der Waals surface area contributed by atoms with Crippen LogP contribution in [0.2, 0.25) is 0 Å². The summed E-state index contributed by atoms with van der Waals surface area (Å²) in [6.45, 7) is 7.42. The molecule has 1 aliphatic rings. The Kier molecular flexibility index (Phi) is 3.98. The van der Waals surface area contributed by atoms with E-state index in [1.54, 1.807) is 0 Å². The molecule has 110 valence electrons. The standard InChI is InChI=1S/C19H23NO/c1-13-8-9-18(14(2)10-13)15(3)20-12-17-11-16-6-4-5-7-19(16)21-17/h4-10,15,17,20H,11-12H2,1-3H3. The molecule has 0 bridgehead atoms. The predicted molar refractivity (Wildman–Crippen MR) is 86.9 cm³/mol. The molecule has 2 aromatic rings. The Labute approximate surface area is 127 Å². The first-order valence-corrected chi connectivity index (χ1v) is 7.68. The van der Waals surface area contributed by atoms with Crippen LogP contribution in [0.3, 0.4) is 0 Å². The summed E-state index contributed by atoms with van der Waals surface area (Å²) in [6.07, 6.45) is 1.25. The molecule has 0 amide bonds. The Bertz CT molecular complexity index is 610. The van der Waals surface area contributed by atoms with Crippen molar-refractivity contribution in [1.82, 2.24) is 5.32 Å². The van der Waals surface area contributed by atoms with Gasteiger partial charge in [-0.05, 0) is 43.5 Å². The normalized spacial score (nSPS) is 18.1. The molecule has 0 fully saturated rings. The summed E-state index contributed by atoms with van der Waals surface area (Å²) in [4.78, 5) is 0. The Hall–Kier alpha value is -1.80. The molecular formula is C19H23NO. The first-order valence-electron chi connectivity index (χ1n) is 7.68. The van der Waals surface area contributed by atoms with E-state index < -0.39 is 0 Å². The third-order valence-electron chi connectivity index (χ3n) is 4.26. The van der Waals surface area contributed by atoms with Crippen LogP contribution in [0.15, 0.2) is 42.5 Å². The molecule has 2 atom stereocenters. The maximum Gasteiger partial charge on any atom is 0.123 e. The second-order valence-electron chi connectivity index (χ2n) is 6.04. The van der Waals surface area contributed by atoms with Crippen molar-refractivity contribution >= 4 is 0 Å². The highest BCUT2D eigenvalue weighted by Crippen LogP contribution is 2.28. The van der Waals surface area contributed by atoms with Crippen LogP contribution in [-0.2, 0) is 6.42 Å². The molecule has 0 spiro atoms. The van der Waals surface area contributed by atoms with Crippen LogP contribution >= 0.6 is 0 Å². The van der Waals surface area contributed by atoms with E-state index >= 15 is 0 Å². The summed E-state index contributed by atoms with van der Waals surface area (Å²) in [5.74, 6) is 1.04. The molecule has 1 aliphatic heterocycles. The van der Waals surface area contributed by atoms with Crippen LogP contribution in [-0.4, -0.2) is 12.6 Å². The lowest BCUT2D eigenvalue weighted by Gasteiger charge is -2.19. The number of rotatable bonds is 4. The quantitative estimate of drug-likeness (QED) is 0.916. The topological polar surface area (TPSA) is 21.3 Å². The Morgan fingerprint density at radius 2 is 2.00 bits per heavy atom. The van der Waals surface area contributed by atoms with Crippen LogP contribution in [0.4, 0.5) is 0 Å². The lowest BCUT2D eigenvalue weighted by Crippen LogP contribution is -2.32. The lowest BCUT2D eigenvalue weighted by atomic mass is 10.00. The number of fused-ring (bicyclic) bond motifs is 1. The summed E-state index contributed by atoms with van der Waals surface area (Å²) < 4.78 is 5.98. The fourth-order valence-electron chi connectivity index (χ4n) is 3.10. The minimum Gasteiger partial charge on any atom is -0.488 e. The predicted octanol–water partition coefficient (Wildman–Crippen LogP) is 3.96. The van der Waals surface area contributed by atoms with E-state index in [-0.39, 0.29) is 6.10 Å². The number of para-hydroxylation sites is 1. The monoisotopic (exact) mass is 281 g/mol. The molecule has 0 saturated carbocycles. The van der Waals surface area contributed by atoms with Gasteiger partial charge in [0.15, 0.2) is 0 Å². The summed E-state index contributed by atoms with van der Waals surface area (Å²) in [5.41, 5.74) is 5.36. The van der Waals surface area contributed by atoms with E-state index in [9.17, 15) is 0 Å². The van der Waals surface area contributed by atoms with Crippen molar-refractivity contribution in [2.75, 3.05) is 6.54 Å². The van der Waals surface area contributed by atoms with Crippen LogP contribution in [0, 0.1) is 13.8 Å². The van der Waals surface area contributed by atoms with Gasteiger partial charge in [0.05, 0.1) is 0 Å². The Balaban J connectivity index is 1.59. The van der Waals surface area contributed by atoms with Gasteiger partial charge in [0.25, 0.3) is 0 Å². The maximum absolute atomic E-state index is 5.98. The number of hydrogen-bond acceptors (Lipinski definition) is 2. The third-order valence-corrected chi connectivity index (χ3v) is 4.26. The largest absolute Gasteiger partial charge is 0.488 e. The SMILES string of the molecule is Cc1ccc(C(C)NCC2Cc3ccccc3O2)c(C)c1. The highest BCUT2D eigenvalue weighted by Gasteiger charge is 2.22. The summed E-state index contributed by atoms with van der Waals surface area (Å²) in [5, 5.41) is 3.61. The highest BCUT2D eigenvalue weighted by atomic mass is 16.5. The van der Waals surface area contributed by atoms with Gasteiger partial charge < -0.3 is 10.1 Å². The minimum absolute atomic E-state index is 0.246. The van der Waals surface area contributed by atoms with Gasteiger partial charge in [-0.3, -0.25) is 0 Å². The molecule has 3 rings (SSSR count). The van der Waals surface area contributed by atoms with Crippen molar-refractivity contribution in [1.29, 1.82) is 0 Å². The van der Waals surface area contributed by atoms with Crippen molar-refractivity contribution < 1.29 is 4.74 Å². The molecule has 2 aromatic carbocycles. The number of hydrogen-bond donors (Lipinski definition) is 1. The lowest BCUT2D eigenvalue weighted by molar-refractivity contribution is 0.222. The van der Waals surface area contributed by atoms with Gasteiger partial charge in [-0.15, -0.1) is 0 Å². The van der Waals surface area contributed by atoms with Gasteiger partial charge in [0.2, 0.25) is 0 Å². The van der Waals surface area contributed by atoms with Crippen molar-refractivity contribution in [2.45, 2.75) is 39.3 Å². The Morgan fingerprint density at radius 3 is 2.76 bits per heavy atom. The molecule has 0 aliphatic carbocycles. The van der Waals surface area contributed by atoms with Crippen LogP contribution in [0.1, 0.15) is 35.2 Å². The number of ether oxygens (including phenoxy) is 1. The van der Waals surface area contributed by atoms with Gasteiger partial charge in [-0.25, -0.2) is 0 Å². The van der Waals surface area contributed by atoms with Crippen molar-refractivity contribution in [3.8, 4) is 5.75 Å². The molecule has 21 heavy (non-hydrogen) atoms. The van der Waals surface area contributed by atoms with Crippen LogP contribution < -0.4 is 10.1 Å². The first kappa shape index (κ1) is 14.2. The average Bonchev–Trinajstić information content (AvgIpc) is 2.87. The zero-order chi connectivity index (χ0) is 14.8. The van der Waals surface area contributed by atoms with Crippen molar-refractivity contribution in [2.24, 2.45) is 0 Å². The number of aryl methyl sites for hydroxylation is 2. The molecule has 2 unspecified atom stereocenters. The van der Waals surface area contributed by atoms with E-state index in [0.29, 0.717) is 6.04 Å².